The Bertz CT molecular complexity index is 891. The number of fused-ring (bicyclic) bond motifs is 1. The van der Waals surface area contributed by atoms with Crippen LogP contribution < -0.4 is 15.0 Å². The lowest BCUT2D eigenvalue weighted by Gasteiger charge is -2.32. The Balaban J connectivity index is 1.48. The van der Waals surface area contributed by atoms with Gasteiger partial charge < -0.3 is 18.8 Å². The lowest BCUT2D eigenvalue weighted by atomic mass is 10.2. The van der Waals surface area contributed by atoms with E-state index in [1.807, 2.05) is 5.32 Å². The van der Waals surface area contributed by atoms with Gasteiger partial charge in [-0.3, -0.25) is 24.5 Å². The molecule has 28 heavy (non-hydrogen) atoms. The molecule has 3 rings (SSSR count). The van der Waals surface area contributed by atoms with Gasteiger partial charge in [0.05, 0.1) is 18.4 Å². The molecule has 2 heterocycles. The number of rotatable bonds is 6. The van der Waals surface area contributed by atoms with Gasteiger partial charge in [0.15, 0.2) is 18.5 Å². The topological polar surface area (TPSA) is 115 Å². The molecule has 1 N–H and O–H groups in total. The molecule has 146 valence electrons. The molecule has 1 aliphatic heterocycles. The fourth-order valence-electron chi connectivity index (χ4n) is 2.64. The molecular weight excluding hydrogens is 368 g/mol. The second kappa shape index (κ2) is 8.38. The molecular formula is C19H18N2O7. The number of benzene rings is 1. The molecule has 1 aromatic heterocycles. The predicted octanol–water partition coefficient (Wildman–Crippen LogP) is 1.28. The monoisotopic (exact) mass is 386 g/mol. The largest absolute Gasteiger partial charge is 0.479 e. The molecule has 2 aromatic rings. The van der Waals surface area contributed by atoms with E-state index in [2.05, 4.69) is 0 Å². The molecule has 1 aliphatic rings. The van der Waals surface area contributed by atoms with Gasteiger partial charge in [-0.15, -0.1) is 0 Å². The summed E-state index contributed by atoms with van der Waals surface area (Å²) in [5.74, 6) is -1.93. The maximum atomic E-state index is 12.3. The number of anilines is 1. The van der Waals surface area contributed by atoms with E-state index in [1.165, 1.54) is 23.3 Å². The van der Waals surface area contributed by atoms with E-state index in [0.717, 1.165) is 0 Å². The molecule has 1 atom stereocenters. The lowest BCUT2D eigenvalue weighted by molar-refractivity contribution is -0.148. The summed E-state index contributed by atoms with van der Waals surface area (Å²) in [6.45, 7) is 1.09. The van der Waals surface area contributed by atoms with Gasteiger partial charge in [0.2, 0.25) is 0 Å². The Morgan fingerprint density at radius 1 is 1.18 bits per heavy atom. The highest BCUT2D eigenvalue weighted by atomic mass is 16.5. The van der Waals surface area contributed by atoms with Gasteiger partial charge in [-0.2, -0.15) is 0 Å². The average Bonchev–Trinajstić information content (AvgIpc) is 3.22. The molecule has 0 spiro atoms. The quantitative estimate of drug-likeness (QED) is 0.744. The van der Waals surface area contributed by atoms with Crippen molar-refractivity contribution in [2.75, 3.05) is 18.1 Å². The van der Waals surface area contributed by atoms with Crippen LogP contribution >= 0.6 is 0 Å². The van der Waals surface area contributed by atoms with Crippen LogP contribution in [0.25, 0.3) is 0 Å². The highest BCUT2D eigenvalue weighted by Gasteiger charge is 2.31. The number of esters is 1. The highest BCUT2D eigenvalue weighted by molar-refractivity contribution is 6.03. The first-order valence-corrected chi connectivity index (χ1v) is 8.56. The first-order valence-electron chi connectivity index (χ1n) is 8.56. The summed E-state index contributed by atoms with van der Waals surface area (Å²) in [5.41, 5.74) is 0.570. The number of carbonyl (C=O) groups excluding carboxylic acids is 4. The number of ether oxygens (including phenoxy) is 2. The van der Waals surface area contributed by atoms with Gasteiger partial charge in [-0.05, 0) is 31.2 Å². The van der Waals surface area contributed by atoms with E-state index in [0.29, 0.717) is 11.4 Å². The van der Waals surface area contributed by atoms with Crippen LogP contribution in [0, 0.1) is 0 Å². The zero-order valence-corrected chi connectivity index (χ0v) is 15.0. The third-order valence-corrected chi connectivity index (χ3v) is 3.98. The van der Waals surface area contributed by atoms with Crippen LogP contribution in [0.4, 0.5) is 5.69 Å². The number of amides is 3. The summed E-state index contributed by atoms with van der Waals surface area (Å²) < 4.78 is 15.2. The van der Waals surface area contributed by atoms with Crippen molar-refractivity contribution in [3.05, 3.63) is 48.4 Å². The van der Waals surface area contributed by atoms with Crippen LogP contribution in [0.2, 0.25) is 0 Å². The van der Waals surface area contributed by atoms with Crippen LogP contribution in [0.5, 0.6) is 5.75 Å². The first kappa shape index (κ1) is 19.2. The second-order valence-electron chi connectivity index (χ2n) is 5.98. The summed E-state index contributed by atoms with van der Waals surface area (Å²) in [7, 11) is 0. The standard InChI is InChI=1S/C19H18N2O7/c1-12-19(25)21(13-5-2-3-6-14(13)28-12)9-8-17(23)27-11-16(22)20-18(24)15-7-4-10-26-15/h2-7,10,12H,8-9,11H2,1H3,(H,20,22,24). The normalized spacial score (nSPS) is 15.4. The maximum absolute atomic E-state index is 12.3. The Morgan fingerprint density at radius 2 is 1.96 bits per heavy atom. The fraction of sp³-hybridized carbons (Fsp3) is 0.263. The minimum Gasteiger partial charge on any atom is -0.479 e. The van der Waals surface area contributed by atoms with Gasteiger partial charge in [-0.1, -0.05) is 12.1 Å². The van der Waals surface area contributed by atoms with Crippen molar-refractivity contribution in [1.29, 1.82) is 0 Å². The molecule has 1 unspecified atom stereocenters. The van der Waals surface area contributed by atoms with E-state index in [1.54, 1.807) is 31.2 Å². The smallest absolute Gasteiger partial charge is 0.308 e. The molecule has 9 nitrogen and oxygen atoms in total. The van der Waals surface area contributed by atoms with Gasteiger partial charge in [0.1, 0.15) is 5.75 Å². The van der Waals surface area contributed by atoms with Crippen molar-refractivity contribution < 1.29 is 33.1 Å². The molecule has 0 radical (unpaired) electrons. The maximum Gasteiger partial charge on any atom is 0.308 e. The molecule has 1 aromatic carbocycles. The third kappa shape index (κ3) is 4.37. The number of furan rings is 1. The summed E-state index contributed by atoms with van der Waals surface area (Å²) in [5, 5.41) is 2.04. The van der Waals surface area contributed by atoms with Crippen LogP contribution in [0.3, 0.4) is 0 Å². The van der Waals surface area contributed by atoms with Crippen molar-refractivity contribution in [1.82, 2.24) is 5.32 Å². The van der Waals surface area contributed by atoms with Gasteiger partial charge in [-0.25, -0.2) is 0 Å². The Hall–Kier alpha value is -3.62. The van der Waals surface area contributed by atoms with Crippen molar-refractivity contribution in [2.24, 2.45) is 0 Å². The molecule has 0 saturated carbocycles. The van der Waals surface area contributed by atoms with Crippen molar-refractivity contribution >= 4 is 29.4 Å². The first-order chi connectivity index (χ1) is 13.5. The van der Waals surface area contributed by atoms with Crippen molar-refractivity contribution in [3.63, 3.8) is 0 Å². The van der Waals surface area contributed by atoms with Crippen LogP contribution in [-0.2, 0) is 19.1 Å². The number of hydrogen-bond donors (Lipinski definition) is 1. The predicted molar refractivity (Wildman–Crippen MR) is 95.6 cm³/mol. The average molecular weight is 386 g/mol. The summed E-state index contributed by atoms with van der Waals surface area (Å²) in [6.07, 6.45) is 0.515. The number of nitrogens with zero attached hydrogens (tertiary/aromatic N) is 1. The zero-order chi connectivity index (χ0) is 20.1. The molecule has 0 bridgehead atoms. The van der Waals surface area contributed by atoms with Crippen LogP contribution in [-0.4, -0.2) is 42.9 Å². The van der Waals surface area contributed by atoms with Crippen molar-refractivity contribution in [2.45, 2.75) is 19.4 Å². The summed E-state index contributed by atoms with van der Waals surface area (Å²) in [4.78, 5) is 49.1. The number of nitrogens with one attached hydrogen (secondary N) is 1. The molecule has 0 aliphatic carbocycles. The van der Waals surface area contributed by atoms with E-state index in [4.69, 9.17) is 13.9 Å². The van der Waals surface area contributed by atoms with E-state index in [-0.39, 0.29) is 24.6 Å². The zero-order valence-electron chi connectivity index (χ0n) is 15.0. The molecule has 9 heteroatoms. The Morgan fingerprint density at radius 3 is 2.71 bits per heavy atom. The van der Waals surface area contributed by atoms with E-state index in [9.17, 15) is 19.2 Å². The Kier molecular flexibility index (Phi) is 5.73. The summed E-state index contributed by atoms with van der Waals surface area (Å²) >= 11 is 0. The summed E-state index contributed by atoms with van der Waals surface area (Å²) in [6, 6.07) is 9.91. The van der Waals surface area contributed by atoms with Crippen molar-refractivity contribution in [3.8, 4) is 5.75 Å². The van der Waals surface area contributed by atoms with Gasteiger partial charge in [0.25, 0.3) is 17.7 Å². The second-order valence-corrected chi connectivity index (χ2v) is 5.98. The highest BCUT2D eigenvalue weighted by Crippen LogP contribution is 2.33. The SMILES string of the molecule is CC1Oc2ccccc2N(CCC(=O)OCC(=O)NC(=O)c2ccco2)C1=O. The minimum atomic E-state index is -0.781. The lowest BCUT2D eigenvalue weighted by Crippen LogP contribution is -2.45. The minimum absolute atomic E-state index is 0.0294. The van der Waals surface area contributed by atoms with E-state index < -0.39 is 30.5 Å². The third-order valence-electron chi connectivity index (χ3n) is 3.98. The molecule has 0 fully saturated rings. The van der Waals surface area contributed by atoms with Crippen LogP contribution in [0.15, 0.2) is 47.1 Å². The van der Waals surface area contributed by atoms with Gasteiger partial charge in [0, 0.05) is 6.54 Å². The van der Waals surface area contributed by atoms with Gasteiger partial charge >= 0.3 is 5.97 Å². The number of imide groups is 1. The number of para-hydroxylation sites is 2. The number of carbonyl (C=O) groups is 4. The number of hydrogen-bond acceptors (Lipinski definition) is 7. The Labute approximate surface area is 160 Å². The molecule has 0 saturated heterocycles. The van der Waals surface area contributed by atoms with E-state index >= 15 is 0 Å². The van der Waals surface area contributed by atoms with Crippen LogP contribution in [0.1, 0.15) is 23.9 Å². The fourth-order valence-corrected chi connectivity index (χ4v) is 2.64. The molecule has 3 amide bonds.